The molecule has 0 radical (unpaired) electrons. The SMILES string of the molecule is O=C1C2CCCC(CCN1C1CCCC1)C2. The molecule has 0 aromatic carbocycles. The van der Waals surface area contributed by atoms with Crippen LogP contribution < -0.4 is 0 Å². The largest absolute Gasteiger partial charge is 0.339 e. The van der Waals surface area contributed by atoms with Crippen molar-refractivity contribution in [3.8, 4) is 0 Å². The number of amides is 1. The van der Waals surface area contributed by atoms with E-state index in [0.29, 0.717) is 17.9 Å². The van der Waals surface area contributed by atoms with Crippen LogP contribution in [-0.4, -0.2) is 23.4 Å². The van der Waals surface area contributed by atoms with E-state index in [-0.39, 0.29) is 0 Å². The van der Waals surface area contributed by atoms with Crippen LogP contribution in [0.4, 0.5) is 0 Å². The van der Waals surface area contributed by atoms with E-state index < -0.39 is 0 Å². The van der Waals surface area contributed by atoms with Gasteiger partial charge >= 0.3 is 0 Å². The van der Waals surface area contributed by atoms with E-state index in [4.69, 9.17) is 0 Å². The molecular weight excluding hydrogens is 198 g/mol. The molecule has 3 rings (SSSR count). The van der Waals surface area contributed by atoms with Gasteiger partial charge in [-0.05, 0) is 38.0 Å². The molecule has 16 heavy (non-hydrogen) atoms. The van der Waals surface area contributed by atoms with Crippen molar-refractivity contribution in [3.05, 3.63) is 0 Å². The number of hydrogen-bond donors (Lipinski definition) is 0. The molecule has 3 fully saturated rings. The first-order valence-electron chi connectivity index (χ1n) is 7.15. The topological polar surface area (TPSA) is 20.3 Å². The predicted octanol–water partition coefficient (Wildman–Crippen LogP) is 2.97. The van der Waals surface area contributed by atoms with Crippen LogP contribution >= 0.6 is 0 Å². The summed E-state index contributed by atoms with van der Waals surface area (Å²) in [7, 11) is 0. The molecule has 2 bridgehead atoms. The Morgan fingerprint density at radius 2 is 1.75 bits per heavy atom. The molecule has 0 spiro atoms. The molecule has 3 aliphatic rings. The van der Waals surface area contributed by atoms with Crippen molar-refractivity contribution in [1.82, 2.24) is 4.90 Å². The van der Waals surface area contributed by atoms with Gasteiger partial charge in [0.1, 0.15) is 0 Å². The van der Waals surface area contributed by atoms with Crippen molar-refractivity contribution in [3.63, 3.8) is 0 Å². The zero-order chi connectivity index (χ0) is 11.0. The van der Waals surface area contributed by atoms with E-state index >= 15 is 0 Å². The molecule has 90 valence electrons. The Kier molecular flexibility index (Phi) is 2.91. The lowest BCUT2D eigenvalue weighted by molar-refractivity contribution is -0.137. The highest BCUT2D eigenvalue weighted by atomic mass is 16.2. The third-order valence-electron chi connectivity index (χ3n) is 4.96. The predicted molar refractivity (Wildman–Crippen MR) is 64.0 cm³/mol. The van der Waals surface area contributed by atoms with Crippen LogP contribution in [0.3, 0.4) is 0 Å². The second-order valence-corrected chi connectivity index (χ2v) is 5.99. The number of nitrogens with zero attached hydrogens (tertiary/aromatic N) is 1. The van der Waals surface area contributed by atoms with Crippen molar-refractivity contribution in [2.24, 2.45) is 11.8 Å². The Bertz CT molecular complexity index is 270. The quantitative estimate of drug-likeness (QED) is 0.666. The number of likely N-dealkylation sites (tertiary alicyclic amines) is 1. The highest BCUT2D eigenvalue weighted by molar-refractivity contribution is 5.79. The van der Waals surface area contributed by atoms with E-state index in [0.717, 1.165) is 12.5 Å². The van der Waals surface area contributed by atoms with Gasteiger partial charge in [-0.25, -0.2) is 0 Å². The smallest absolute Gasteiger partial charge is 0.225 e. The van der Waals surface area contributed by atoms with Crippen molar-refractivity contribution < 1.29 is 4.79 Å². The second-order valence-electron chi connectivity index (χ2n) is 5.99. The Morgan fingerprint density at radius 3 is 2.56 bits per heavy atom. The first-order valence-corrected chi connectivity index (χ1v) is 7.15. The van der Waals surface area contributed by atoms with E-state index in [1.807, 2.05) is 0 Å². The van der Waals surface area contributed by atoms with Gasteiger partial charge in [0.25, 0.3) is 0 Å². The lowest BCUT2D eigenvalue weighted by Gasteiger charge is -2.30. The first-order chi connectivity index (χ1) is 7.84. The van der Waals surface area contributed by atoms with Gasteiger partial charge in [-0.15, -0.1) is 0 Å². The van der Waals surface area contributed by atoms with Gasteiger partial charge in [0.15, 0.2) is 0 Å². The number of hydrogen-bond acceptors (Lipinski definition) is 1. The van der Waals surface area contributed by atoms with Crippen LogP contribution in [0.5, 0.6) is 0 Å². The van der Waals surface area contributed by atoms with E-state index in [1.54, 1.807) is 0 Å². The van der Waals surface area contributed by atoms with Crippen molar-refractivity contribution in [1.29, 1.82) is 0 Å². The monoisotopic (exact) mass is 221 g/mol. The summed E-state index contributed by atoms with van der Waals surface area (Å²) in [6.07, 6.45) is 11.5. The van der Waals surface area contributed by atoms with E-state index in [2.05, 4.69) is 4.90 Å². The van der Waals surface area contributed by atoms with Crippen LogP contribution in [0.15, 0.2) is 0 Å². The zero-order valence-corrected chi connectivity index (χ0v) is 10.2. The molecule has 2 heteroatoms. The van der Waals surface area contributed by atoms with Gasteiger partial charge in [-0.1, -0.05) is 25.7 Å². The van der Waals surface area contributed by atoms with Crippen LogP contribution in [0.25, 0.3) is 0 Å². The normalized spacial score (nSPS) is 36.5. The number of carbonyl (C=O) groups is 1. The van der Waals surface area contributed by atoms with Gasteiger partial charge in [0.2, 0.25) is 5.91 Å². The van der Waals surface area contributed by atoms with Gasteiger partial charge in [0.05, 0.1) is 0 Å². The maximum absolute atomic E-state index is 12.5. The van der Waals surface area contributed by atoms with Gasteiger partial charge in [0, 0.05) is 18.5 Å². The van der Waals surface area contributed by atoms with E-state index in [1.165, 1.54) is 57.8 Å². The molecule has 2 nitrogen and oxygen atoms in total. The summed E-state index contributed by atoms with van der Waals surface area (Å²) in [5, 5.41) is 0. The minimum Gasteiger partial charge on any atom is -0.339 e. The fraction of sp³-hybridized carbons (Fsp3) is 0.929. The number of rotatable bonds is 1. The van der Waals surface area contributed by atoms with Crippen molar-refractivity contribution in [2.45, 2.75) is 63.8 Å². The van der Waals surface area contributed by atoms with Crippen LogP contribution in [0.1, 0.15) is 57.8 Å². The summed E-state index contributed by atoms with van der Waals surface area (Å²) in [5.74, 6) is 1.75. The molecular formula is C14H23NO. The van der Waals surface area contributed by atoms with Crippen molar-refractivity contribution in [2.75, 3.05) is 6.54 Å². The fourth-order valence-corrected chi connectivity index (χ4v) is 4.02. The average molecular weight is 221 g/mol. The summed E-state index contributed by atoms with van der Waals surface area (Å²) >= 11 is 0. The fourth-order valence-electron chi connectivity index (χ4n) is 4.02. The molecule has 0 N–H and O–H groups in total. The average Bonchev–Trinajstić information content (AvgIpc) is 2.80. The maximum Gasteiger partial charge on any atom is 0.225 e. The molecule has 1 saturated heterocycles. The molecule has 2 aliphatic carbocycles. The molecule has 0 aromatic rings. The maximum atomic E-state index is 12.5. The minimum absolute atomic E-state index is 0.391. The molecule has 2 unspecified atom stereocenters. The summed E-state index contributed by atoms with van der Waals surface area (Å²) in [6, 6.07) is 0.604. The molecule has 0 aromatic heterocycles. The lowest BCUT2D eigenvalue weighted by Crippen LogP contribution is -2.41. The third kappa shape index (κ3) is 1.87. The standard InChI is InChI=1S/C14H23NO/c16-14-12-5-3-4-11(10-12)8-9-15(14)13-6-1-2-7-13/h11-13H,1-10H2. The van der Waals surface area contributed by atoms with Gasteiger partial charge in [-0.2, -0.15) is 0 Å². The van der Waals surface area contributed by atoms with Crippen LogP contribution in [0.2, 0.25) is 0 Å². The highest BCUT2D eigenvalue weighted by Crippen LogP contribution is 2.37. The van der Waals surface area contributed by atoms with E-state index in [9.17, 15) is 4.79 Å². The second kappa shape index (κ2) is 4.38. The van der Waals surface area contributed by atoms with Gasteiger partial charge < -0.3 is 4.90 Å². The Hall–Kier alpha value is -0.530. The molecule has 1 heterocycles. The Labute approximate surface area is 98.4 Å². The molecule has 2 atom stereocenters. The molecule has 1 amide bonds. The summed E-state index contributed by atoms with van der Waals surface area (Å²) in [6.45, 7) is 1.06. The minimum atomic E-state index is 0.391. The zero-order valence-electron chi connectivity index (χ0n) is 10.2. The summed E-state index contributed by atoms with van der Waals surface area (Å²) < 4.78 is 0. The lowest BCUT2D eigenvalue weighted by atomic mass is 9.81. The Morgan fingerprint density at radius 1 is 0.938 bits per heavy atom. The first kappa shape index (κ1) is 10.6. The summed E-state index contributed by atoms with van der Waals surface area (Å²) in [4.78, 5) is 14.7. The summed E-state index contributed by atoms with van der Waals surface area (Å²) in [5.41, 5.74) is 0. The van der Waals surface area contributed by atoms with Crippen molar-refractivity contribution >= 4 is 5.91 Å². The third-order valence-corrected chi connectivity index (χ3v) is 4.96. The van der Waals surface area contributed by atoms with Gasteiger partial charge in [-0.3, -0.25) is 4.79 Å². The van der Waals surface area contributed by atoms with Crippen LogP contribution in [-0.2, 0) is 4.79 Å². The number of carbonyl (C=O) groups excluding carboxylic acids is 1. The highest BCUT2D eigenvalue weighted by Gasteiger charge is 2.37. The molecule has 1 aliphatic heterocycles. The van der Waals surface area contributed by atoms with Crippen LogP contribution in [0, 0.1) is 11.8 Å². The number of fused-ring (bicyclic) bond motifs is 2. The Balaban J connectivity index is 1.75. The molecule has 2 saturated carbocycles.